The number of nitrogens with zero attached hydrogens (tertiary/aromatic N) is 4. The van der Waals surface area contributed by atoms with Crippen molar-refractivity contribution in [3.63, 3.8) is 0 Å². The van der Waals surface area contributed by atoms with Gasteiger partial charge in [-0.3, -0.25) is 0 Å². The van der Waals surface area contributed by atoms with E-state index in [-0.39, 0.29) is 0 Å². The van der Waals surface area contributed by atoms with Gasteiger partial charge in [-0.15, -0.1) is 0 Å². The maximum Gasteiger partial charge on any atom is 0.164 e. The summed E-state index contributed by atoms with van der Waals surface area (Å²) in [5, 5.41) is 4.41. The summed E-state index contributed by atoms with van der Waals surface area (Å²) in [5.74, 6) is 1.90. The summed E-state index contributed by atoms with van der Waals surface area (Å²) in [4.78, 5) is 15.0. The average Bonchev–Trinajstić information content (AvgIpc) is 3.83. The molecule has 56 heavy (non-hydrogen) atoms. The lowest BCUT2D eigenvalue weighted by molar-refractivity contribution is 0.667. The molecular weight excluding hydrogens is 685 g/mol. The third kappa shape index (κ3) is 5.29. The third-order valence-corrected chi connectivity index (χ3v) is 10.7. The zero-order chi connectivity index (χ0) is 37.0. The van der Waals surface area contributed by atoms with Crippen molar-refractivity contribution >= 4 is 43.7 Å². The molecule has 0 amide bonds. The van der Waals surface area contributed by atoms with Crippen LogP contribution < -0.4 is 0 Å². The fourth-order valence-corrected chi connectivity index (χ4v) is 7.99. The van der Waals surface area contributed by atoms with E-state index in [1.807, 2.05) is 66.7 Å². The molecule has 262 valence electrons. The molecule has 0 aliphatic heterocycles. The average molecular weight is 717 g/mol. The van der Waals surface area contributed by atoms with Crippen LogP contribution in [-0.4, -0.2) is 19.5 Å². The smallest absolute Gasteiger partial charge is 0.164 e. The molecule has 0 radical (unpaired) electrons. The highest BCUT2D eigenvalue weighted by Gasteiger charge is 2.20. The summed E-state index contributed by atoms with van der Waals surface area (Å²) < 4.78 is 9.29. The van der Waals surface area contributed by atoms with Gasteiger partial charge >= 0.3 is 0 Å². The first kappa shape index (κ1) is 31.9. The van der Waals surface area contributed by atoms with Crippen LogP contribution in [0.25, 0.3) is 106 Å². The van der Waals surface area contributed by atoms with Crippen LogP contribution >= 0.6 is 0 Å². The standard InChI is InChI=1S/C51H32N4O/c1-4-14-33(15-5-1)34-26-28-35(29-27-34)39-21-12-22-41-42-23-13-25-46(48(42)56-47(39)41)55-44-24-11-10-20-40(44)43-32-38(30-31-45(43)55)51-53-49(36-16-6-2-7-17-36)52-50(54-51)37-18-8-3-9-19-37/h1-32H. The normalized spacial score (nSPS) is 11.6. The van der Waals surface area contributed by atoms with Gasteiger partial charge in [-0.05, 0) is 47.0 Å². The lowest BCUT2D eigenvalue weighted by Crippen LogP contribution is -2.00. The van der Waals surface area contributed by atoms with Gasteiger partial charge in [0, 0.05) is 43.8 Å². The van der Waals surface area contributed by atoms with Gasteiger partial charge in [0.25, 0.3) is 0 Å². The van der Waals surface area contributed by atoms with Crippen LogP contribution in [0.5, 0.6) is 0 Å². The second kappa shape index (κ2) is 13.0. The number of para-hydroxylation sites is 3. The first-order valence-corrected chi connectivity index (χ1v) is 18.8. The SMILES string of the molecule is c1ccc(-c2ccc(-c3cccc4c3oc3c(-n5c6ccccc6c6cc(-c7nc(-c8ccccc8)nc(-c8ccccc8)n7)ccc65)cccc34)cc2)cc1. The molecule has 5 nitrogen and oxygen atoms in total. The van der Waals surface area contributed by atoms with Crippen molar-refractivity contribution in [2.24, 2.45) is 0 Å². The second-order valence-corrected chi connectivity index (χ2v) is 14.0. The van der Waals surface area contributed by atoms with Gasteiger partial charge in [0.15, 0.2) is 23.1 Å². The van der Waals surface area contributed by atoms with Crippen LogP contribution in [0, 0.1) is 0 Å². The largest absolute Gasteiger partial charge is 0.453 e. The monoisotopic (exact) mass is 716 g/mol. The molecule has 3 aromatic heterocycles. The van der Waals surface area contributed by atoms with Gasteiger partial charge in [-0.2, -0.15) is 0 Å². The quantitative estimate of drug-likeness (QED) is 0.172. The summed E-state index contributed by atoms with van der Waals surface area (Å²) in [7, 11) is 0. The number of hydrogen-bond acceptors (Lipinski definition) is 4. The maximum absolute atomic E-state index is 6.96. The fourth-order valence-electron chi connectivity index (χ4n) is 7.99. The molecule has 0 N–H and O–H groups in total. The zero-order valence-electron chi connectivity index (χ0n) is 30.2. The summed E-state index contributed by atoms with van der Waals surface area (Å²) in [5.41, 5.74) is 12.2. The first-order chi connectivity index (χ1) is 27.8. The number of hydrogen-bond donors (Lipinski definition) is 0. The van der Waals surface area contributed by atoms with Crippen LogP contribution in [0.1, 0.15) is 0 Å². The van der Waals surface area contributed by atoms with Crippen LogP contribution in [-0.2, 0) is 0 Å². The van der Waals surface area contributed by atoms with E-state index in [2.05, 4.69) is 132 Å². The van der Waals surface area contributed by atoms with Gasteiger partial charge in [0.1, 0.15) is 5.58 Å². The van der Waals surface area contributed by atoms with E-state index in [1.165, 1.54) is 11.1 Å². The Hall–Kier alpha value is -7.63. The molecule has 0 atom stereocenters. The Morgan fingerprint density at radius 1 is 0.321 bits per heavy atom. The summed E-state index contributed by atoms with van der Waals surface area (Å²) >= 11 is 0. The van der Waals surface area contributed by atoms with Crippen LogP contribution in [0.15, 0.2) is 199 Å². The van der Waals surface area contributed by atoms with E-state index in [9.17, 15) is 0 Å². The summed E-state index contributed by atoms with van der Waals surface area (Å²) in [6, 6.07) is 67.4. The van der Waals surface area contributed by atoms with E-state index in [0.29, 0.717) is 17.5 Å². The molecule has 0 spiro atoms. The molecule has 0 saturated heterocycles. The van der Waals surface area contributed by atoms with Gasteiger partial charge in [-0.1, -0.05) is 164 Å². The van der Waals surface area contributed by atoms with Gasteiger partial charge in [0.2, 0.25) is 0 Å². The van der Waals surface area contributed by atoms with E-state index in [1.54, 1.807) is 0 Å². The molecule has 11 rings (SSSR count). The van der Waals surface area contributed by atoms with Crippen molar-refractivity contribution in [2.75, 3.05) is 0 Å². The molecule has 0 aliphatic rings. The molecule has 0 saturated carbocycles. The Morgan fingerprint density at radius 2 is 0.804 bits per heavy atom. The first-order valence-electron chi connectivity index (χ1n) is 18.8. The molecule has 0 aliphatic carbocycles. The lowest BCUT2D eigenvalue weighted by atomic mass is 9.99. The number of aromatic nitrogens is 4. The van der Waals surface area contributed by atoms with Gasteiger partial charge in [-0.25, -0.2) is 15.0 Å². The lowest BCUT2D eigenvalue weighted by Gasteiger charge is -2.10. The molecule has 3 heterocycles. The van der Waals surface area contributed by atoms with E-state index < -0.39 is 0 Å². The minimum atomic E-state index is 0.625. The number of fused-ring (bicyclic) bond motifs is 6. The number of benzene rings is 8. The van der Waals surface area contributed by atoms with Crippen molar-refractivity contribution in [1.82, 2.24) is 19.5 Å². The van der Waals surface area contributed by atoms with Crippen molar-refractivity contribution < 1.29 is 4.42 Å². The number of furan rings is 1. The molecule has 0 unspecified atom stereocenters. The molecule has 0 fully saturated rings. The van der Waals surface area contributed by atoms with Crippen molar-refractivity contribution in [3.8, 4) is 62.1 Å². The van der Waals surface area contributed by atoms with Crippen molar-refractivity contribution in [1.29, 1.82) is 0 Å². The highest BCUT2D eigenvalue weighted by Crippen LogP contribution is 2.41. The maximum atomic E-state index is 6.96. The molecule has 0 bridgehead atoms. The Morgan fingerprint density at radius 3 is 1.48 bits per heavy atom. The van der Waals surface area contributed by atoms with Crippen LogP contribution in [0.3, 0.4) is 0 Å². The zero-order valence-corrected chi connectivity index (χ0v) is 30.2. The molecule has 5 heteroatoms. The van der Waals surface area contributed by atoms with Crippen molar-refractivity contribution in [2.45, 2.75) is 0 Å². The fraction of sp³-hybridized carbons (Fsp3) is 0. The van der Waals surface area contributed by atoms with Crippen LogP contribution in [0.2, 0.25) is 0 Å². The summed E-state index contributed by atoms with van der Waals surface area (Å²) in [6.07, 6.45) is 0. The molecular formula is C51H32N4O. The summed E-state index contributed by atoms with van der Waals surface area (Å²) in [6.45, 7) is 0. The van der Waals surface area contributed by atoms with Crippen LogP contribution in [0.4, 0.5) is 0 Å². The second-order valence-electron chi connectivity index (χ2n) is 14.0. The number of rotatable bonds is 6. The third-order valence-electron chi connectivity index (χ3n) is 10.7. The Balaban J connectivity index is 1.07. The van der Waals surface area contributed by atoms with Gasteiger partial charge in [0.05, 0.1) is 16.7 Å². The Labute approximate surface area is 322 Å². The Kier molecular flexibility index (Phi) is 7.42. The predicted octanol–water partition coefficient (Wildman–Crippen LogP) is 13.2. The minimum absolute atomic E-state index is 0.625. The molecule has 8 aromatic carbocycles. The minimum Gasteiger partial charge on any atom is -0.453 e. The van der Waals surface area contributed by atoms with Crippen molar-refractivity contribution in [3.05, 3.63) is 194 Å². The predicted molar refractivity (Wildman–Crippen MR) is 229 cm³/mol. The Bertz CT molecular complexity index is 3160. The van der Waals surface area contributed by atoms with E-state index in [4.69, 9.17) is 19.4 Å². The molecule has 11 aromatic rings. The highest BCUT2D eigenvalue weighted by atomic mass is 16.3. The highest BCUT2D eigenvalue weighted by molar-refractivity contribution is 6.14. The topological polar surface area (TPSA) is 56.7 Å². The van der Waals surface area contributed by atoms with E-state index >= 15 is 0 Å². The van der Waals surface area contributed by atoms with Gasteiger partial charge < -0.3 is 8.98 Å². The van der Waals surface area contributed by atoms with E-state index in [0.717, 1.165) is 77.2 Å².